The molecule has 0 aliphatic carbocycles. The molecule has 1 aromatic carbocycles. The Balaban J connectivity index is 2.36. The SMILES string of the molecule is CC(=O)Nc1cc([N+](=O)[O-])ccc1N1C[C@H](C)C[C@@H](C)C1. The lowest BCUT2D eigenvalue weighted by Gasteiger charge is -2.37. The molecule has 2 atom stereocenters. The highest BCUT2D eigenvalue weighted by Crippen LogP contribution is 2.34. The Bertz CT molecular complexity index is 549. The van der Waals surface area contributed by atoms with Crippen molar-refractivity contribution in [3.63, 3.8) is 0 Å². The fourth-order valence-corrected chi connectivity index (χ4v) is 3.06. The molecule has 1 heterocycles. The largest absolute Gasteiger partial charge is 0.369 e. The Morgan fingerprint density at radius 1 is 1.33 bits per heavy atom. The van der Waals surface area contributed by atoms with Gasteiger partial charge in [-0.3, -0.25) is 14.9 Å². The van der Waals surface area contributed by atoms with Gasteiger partial charge in [-0.2, -0.15) is 0 Å². The molecule has 0 saturated carbocycles. The maximum absolute atomic E-state index is 11.4. The number of nitrogens with zero attached hydrogens (tertiary/aromatic N) is 2. The van der Waals surface area contributed by atoms with Crippen LogP contribution in [0.4, 0.5) is 17.1 Å². The number of benzene rings is 1. The number of amides is 1. The first-order valence-electron chi connectivity index (χ1n) is 7.17. The van der Waals surface area contributed by atoms with Crippen LogP contribution in [0.1, 0.15) is 27.2 Å². The number of nitro groups is 1. The van der Waals surface area contributed by atoms with Gasteiger partial charge in [0.25, 0.3) is 5.69 Å². The molecular formula is C15H21N3O3. The zero-order valence-corrected chi connectivity index (χ0v) is 12.6. The second kappa shape index (κ2) is 6.11. The molecule has 1 aromatic rings. The minimum absolute atomic E-state index is 0.0133. The molecule has 1 fully saturated rings. The molecule has 6 heteroatoms. The number of non-ortho nitro benzene ring substituents is 1. The summed E-state index contributed by atoms with van der Waals surface area (Å²) in [7, 11) is 0. The van der Waals surface area contributed by atoms with Gasteiger partial charge in [-0.05, 0) is 24.3 Å². The third-order valence-electron chi connectivity index (χ3n) is 3.71. The third-order valence-corrected chi connectivity index (χ3v) is 3.71. The van der Waals surface area contributed by atoms with Gasteiger partial charge in [0.15, 0.2) is 0 Å². The van der Waals surface area contributed by atoms with E-state index in [0.29, 0.717) is 17.5 Å². The van der Waals surface area contributed by atoms with Gasteiger partial charge < -0.3 is 10.2 Å². The predicted octanol–water partition coefficient (Wildman–Crippen LogP) is 3.04. The Hall–Kier alpha value is -2.11. The van der Waals surface area contributed by atoms with Crippen LogP contribution in [-0.4, -0.2) is 23.9 Å². The second-order valence-corrected chi connectivity index (χ2v) is 5.99. The summed E-state index contributed by atoms with van der Waals surface area (Å²) >= 11 is 0. The predicted molar refractivity (Wildman–Crippen MR) is 82.6 cm³/mol. The van der Waals surface area contributed by atoms with E-state index in [-0.39, 0.29) is 11.6 Å². The normalized spacial score (nSPS) is 22.0. The molecule has 0 aromatic heterocycles. The van der Waals surface area contributed by atoms with E-state index >= 15 is 0 Å². The third kappa shape index (κ3) is 3.71. The summed E-state index contributed by atoms with van der Waals surface area (Å²) < 4.78 is 0. The Morgan fingerprint density at radius 3 is 2.48 bits per heavy atom. The van der Waals surface area contributed by atoms with E-state index in [1.54, 1.807) is 6.07 Å². The maximum atomic E-state index is 11.4. The molecule has 2 rings (SSSR count). The first kappa shape index (κ1) is 15.3. The van der Waals surface area contributed by atoms with Crippen molar-refractivity contribution in [3.8, 4) is 0 Å². The van der Waals surface area contributed by atoms with Crippen molar-refractivity contribution < 1.29 is 9.72 Å². The summed E-state index contributed by atoms with van der Waals surface area (Å²) in [5.41, 5.74) is 1.35. The van der Waals surface area contributed by atoms with Crippen LogP contribution < -0.4 is 10.2 Å². The molecule has 0 unspecified atom stereocenters. The van der Waals surface area contributed by atoms with E-state index in [1.807, 2.05) is 0 Å². The van der Waals surface area contributed by atoms with Gasteiger partial charge in [0.2, 0.25) is 5.91 Å². The van der Waals surface area contributed by atoms with Gasteiger partial charge in [-0.25, -0.2) is 0 Å². The Kier molecular flexibility index (Phi) is 4.45. The van der Waals surface area contributed by atoms with Crippen LogP contribution in [0.15, 0.2) is 18.2 Å². The number of rotatable bonds is 3. The standard InChI is InChI=1S/C15H21N3O3/c1-10-6-11(2)9-17(8-10)15-5-4-13(18(20)21)7-14(15)16-12(3)19/h4-5,7,10-11H,6,8-9H2,1-3H3,(H,16,19)/t10-,11-/m1/s1. The van der Waals surface area contributed by atoms with Gasteiger partial charge in [-0.15, -0.1) is 0 Å². The van der Waals surface area contributed by atoms with E-state index in [0.717, 1.165) is 18.8 Å². The lowest BCUT2D eigenvalue weighted by atomic mass is 9.91. The van der Waals surface area contributed by atoms with Gasteiger partial charge in [0.1, 0.15) is 0 Å². The van der Waals surface area contributed by atoms with Crippen molar-refractivity contribution in [1.82, 2.24) is 0 Å². The average Bonchev–Trinajstić information content (AvgIpc) is 2.36. The lowest BCUT2D eigenvalue weighted by Crippen LogP contribution is -2.39. The van der Waals surface area contributed by atoms with Crippen LogP contribution in [0.3, 0.4) is 0 Å². The van der Waals surface area contributed by atoms with Crippen molar-refractivity contribution in [2.75, 3.05) is 23.3 Å². The quantitative estimate of drug-likeness (QED) is 0.686. The number of anilines is 2. The molecule has 1 amide bonds. The van der Waals surface area contributed by atoms with Crippen LogP contribution in [-0.2, 0) is 4.79 Å². The van der Waals surface area contributed by atoms with Crippen molar-refractivity contribution in [1.29, 1.82) is 0 Å². The summed E-state index contributed by atoms with van der Waals surface area (Å²) in [6.07, 6.45) is 1.18. The molecule has 1 aliphatic heterocycles. The molecule has 0 radical (unpaired) electrons. The fourth-order valence-electron chi connectivity index (χ4n) is 3.06. The van der Waals surface area contributed by atoms with Gasteiger partial charge >= 0.3 is 0 Å². The molecule has 0 spiro atoms. The number of hydrogen-bond acceptors (Lipinski definition) is 4. The van der Waals surface area contributed by atoms with Gasteiger partial charge in [0.05, 0.1) is 16.3 Å². The number of nitro benzene ring substituents is 1. The molecule has 114 valence electrons. The van der Waals surface area contributed by atoms with Gasteiger partial charge in [-0.1, -0.05) is 13.8 Å². The van der Waals surface area contributed by atoms with Gasteiger partial charge in [0, 0.05) is 32.1 Å². The smallest absolute Gasteiger partial charge is 0.271 e. The van der Waals surface area contributed by atoms with E-state index in [9.17, 15) is 14.9 Å². The molecule has 1 saturated heterocycles. The zero-order valence-electron chi connectivity index (χ0n) is 12.6. The van der Waals surface area contributed by atoms with Crippen molar-refractivity contribution in [2.45, 2.75) is 27.2 Å². The van der Waals surface area contributed by atoms with E-state index in [4.69, 9.17) is 0 Å². The average molecular weight is 291 g/mol. The fraction of sp³-hybridized carbons (Fsp3) is 0.533. The first-order chi connectivity index (χ1) is 9.86. The van der Waals surface area contributed by atoms with Crippen LogP contribution in [0.25, 0.3) is 0 Å². The molecule has 1 aliphatic rings. The topological polar surface area (TPSA) is 75.5 Å². The Morgan fingerprint density at radius 2 is 1.95 bits per heavy atom. The number of carbonyl (C=O) groups is 1. The molecule has 21 heavy (non-hydrogen) atoms. The summed E-state index contributed by atoms with van der Waals surface area (Å²) in [6.45, 7) is 7.60. The first-order valence-corrected chi connectivity index (χ1v) is 7.17. The summed E-state index contributed by atoms with van der Waals surface area (Å²) in [6, 6.07) is 4.65. The van der Waals surface area contributed by atoms with Crippen LogP contribution in [0.2, 0.25) is 0 Å². The van der Waals surface area contributed by atoms with E-state index < -0.39 is 4.92 Å². The number of nitrogens with one attached hydrogen (secondary N) is 1. The summed E-state index contributed by atoms with van der Waals surface area (Å²) in [5, 5.41) is 13.6. The second-order valence-electron chi connectivity index (χ2n) is 5.99. The van der Waals surface area contributed by atoms with Crippen molar-refractivity contribution in [3.05, 3.63) is 28.3 Å². The van der Waals surface area contributed by atoms with Crippen LogP contribution in [0, 0.1) is 22.0 Å². The van der Waals surface area contributed by atoms with Crippen LogP contribution in [0.5, 0.6) is 0 Å². The zero-order chi connectivity index (χ0) is 15.6. The highest BCUT2D eigenvalue weighted by molar-refractivity contribution is 5.93. The summed E-state index contributed by atoms with van der Waals surface area (Å²) in [5.74, 6) is 0.901. The lowest BCUT2D eigenvalue weighted by molar-refractivity contribution is -0.384. The van der Waals surface area contributed by atoms with Crippen molar-refractivity contribution >= 4 is 23.0 Å². The monoisotopic (exact) mass is 291 g/mol. The molecular weight excluding hydrogens is 270 g/mol. The maximum Gasteiger partial charge on any atom is 0.271 e. The van der Waals surface area contributed by atoms with E-state index in [1.165, 1.54) is 25.5 Å². The highest BCUT2D eigenvalue weighted by Gasteiger charge is 2.24. The number of hydrogen-bond donors (Lipinski definition) is 1. The van der Waals surface area contributed by atoms with Crippen LogP contribution >= 0.6 is 0 Å². The Labute approximate surface area is 124 Å². The molecule has 6 nitrogen and oxygen atoms in total. The summed E-state index contributed by atoms with van der Waals surface area (Å²) in [4.78, 5) is 24.0. The van der Waals surface area contributed by atoms with E-state index in [2.05, 4.69) is 24.1 Å². The minimum atomic E-state index is -0.448. The number of piperidine rings is 1. The minimum Gasteiger partial charge on any atom is -0.369 e. The highest BCUT2D eigenvalue weighted by atomic mass is 16.6. The molecule has 1 N–H and O–H groups in total. The van der Waals surface area contributed by atoms with Crippen molar-refractivity contribution in [2.24, 2.45) is 11.8 Å². The molecule has 0 bridgehead atoms. The number of carbonyl (C=O) groups excluding carboxylic acids is 1.